The Balaban J connectivity index is 2.14. The molecule has 1 aliphatic rings. The third-order valence-electron chi connectivity index (χ3n) is 4.95. The number of carbonyl (C=O) groups excluding carboxylic acids is 1. The number of aliphatic hydroxyl groups is 1. The predicted molar refractivity (Wildman–Crippen MR) is 96.9 cm³/mol. The van der Waals surface area contributed by atoms with E-state index in [9.17, 15) is 9.90 Å². The predicted octanol–water partition coefficient (Wildman–Crippen LogP) is 3.64. The molecular weight excluding hydrogens is 298 g/mol. The molecule has 0 heterocycles. The number of benzene rings is 2. The Labute approximate surface area is 143 Å². The first-order chi connectivity index (χ1) is 11.8. The van der Waals surface area contributed by atoms with Gasteiger partial charge in [0, 0.05) is 13.2 Å². The summed E-state index contributed by atoms with van der Waals surface area (Å²) >= 11 is 0. The highest BCUT2D eigenvalue weighted by Crippen LogP contribution is 2.51. The molecule has 0 radical (unpaired) electrons. The van der Waals surface area contributed by atoms with Gasteiger partial charge >= 0.3 is 0 Å². The maximum atomic E-state index is 13.3. The lowest BCUT2D eigenvalue weighted by Gasteiger charge is -2.31. The van der Waals surface area contributed by atoms with E-state index in [0.29, 0.717) is 13.0 Å². The van der Waals surface area contributed by atoms with Crippen LogP contribution in [0.3, 0.4) is 0 Å². The molecule has 0 unspecified atom stereocenters. The maximum Gasteiger partial charge on any atom is 0.235 e. The van der Waals surface area contributed by atoms with Crippen LogP contribution in [0.4, 0.5) is 0 Å². The molecule has 0 saturated heterocycles. The lowest BCUT2D eigenvalue weighted by atomic mass is 9.73. The monoisotopic (exact) mass is 323 g/mol. The fraction of sp³-hybridized carbons (Fsp3) is 0.381. The van der Waals surface area contributed by atoms with Gasteiger partial charge in [-0.25, -0.2) is 0 Å². The summed E-state index contributed by atoms with van der Waals surface area (Å²) in [6.45, 7) is 2.91. The first kappa shape index (κ1) is 16.7. The van der Waals surface area contributed by atoms with E-state index >= 15 is 0 Å². The van der Waals surface area contributed by atoms with Crippen molar-refractivity contribution < 1.29 is 9.90 Å². The summed E-state index contributed by atoms with van der Waals surface area (Å²) < 4.78 is 0. The molecule has 2 aromatic carbocycles. The zero-order chi connectivity index (χ0) is 17.0. The Morgan fingerprint density at radius 2 is 1.58 bits per heavy atom. The van der Waals surface area contributed by atoms with E-state index < -0.39 is 5.41 Å². The minimum atomic E-state index is -0.641. The number of aliphatic hydroxyl groups excluding tert-OH is 1. The largest absolute Gasteiger partial charge is 0.396 e. The maximum absolute atomic E-state index is 13.3. The molecule has 3 heteroatoms. The van der Waals surface area contributed by atoms with Crippen molar-refractivity contribution in [3.05, 3.63) is 59.7 Å². The van der Waals surface area contributed by atoms with Crippen LogP contribution in [0.2, 0.25) is 0 Å². The molecular formula is C21H25NO2. The van der Waals surface area contributed by atoms with Crippen LogP contribution in [0.25, 0.3) is 11.1 Å². The fourth-order valence-electron chi connectivity index (χ4n) is 3.84. The second-order valence-corrected chi connectivity index (χ2v) is 6.43. The zero-order valence-electron chi connectivity index (χ0n) is 14.2. The Kier molecular flexibility index (Phi) is 5.00. The van der Waals surface area contributed by atoms with E-state index in [1.54, 1.807) is 0 Å². The minimum absolute atomic E-state index is 0.0830. The average molecular weight is 323 g/mol. The summed E-state index contributed by atoms with van der Waals surface area (Å²) in [5.74, 6) is 0.0830. The van der Waals surface area contributed by atoms with Gasteiger partial charge in [0.1, 0.15) is 5.41 Å². The molecule has 0 spiro atoms. The molecule has 2 aromatic rings. The van der Waals surface area contributed by atoms with Gasteiger partial charge < -0.3 is 10.4 Å². The minimum Gasteiger partial charge on any atom is -0.396 e. The number of unbranched alkanes of at least 4 members (excludes halogenated alkanes) is 1. The highest BCUT2D eigenvalue weighted by molar-refractivity contribution is 6.00. The molecule has 2 N–H and O–H groups in total. The highest BCUT2D eigenvalue weighted by Gasteiger charge is 2.48. The number of amides is 1. The van der Waals surface area contributed by atoms with Crippen LogP contribution in [0.5, 0.6) is 0 Å². The van der Waals surface area contributed by atoms with E-state index in [2.05, 4.69) is 36.5 Å². The lowest BCUT2D eigenvalue weighted by Crippen LogP contribution is -2.44. The van der Waals surface area contributed by atoms with Crippen molar-refractivity contribution in [3.8, 4) is 11.1 Å². The summed E-state index contributed by atoms with van der Waals surface area (Å²) in [5.41, 5.74) is 3.86. The molecule has 1 amide bonds. The molecule has 0 fully saturated rings. The second kappa shape index (κ2) is 7.18. The zero-order valence-corrected chi connectivity index (χ0v) is 14.2. The van der Waals surface area contributed by atoms with Crippen LogP contribution in [-0.4, -0.2) is 24.2 Å². The number of rotatable bonds is 7. The van der Waals surface area contributed by atoms with Gasteiger partial charge in [0.15, 0.2) is 0 Å². The van der Waals surface area contributed by atoms with Gasteiger partial charge in [-0.05, 0) is 47.9 Å². The third-order valence-corrected chi connectivity index (χ3v) is 4.95. The van der Waals surface area contributed by atoms with Gasteiger partial charge in [0.25, 0.3) is 0 Å². The van der Waals surface area contributed by atoms with Gasteiger partial charge in [0.05, 0.1) is 0 Å². The standard InChI is InChI=1S/C21H25NO2/c1-2-14-22-20(24)21(13-7-8-15-23)18-11-5-3-9-16(18)17-10-4-6-12-19(17)21/h3-6,9-12,23H,2,7-8,13-15H2,1H3,(H,22,24). The second-order valence-electron chi connectivity index (χ2n) is 6.43. The van der Waals surface area contributed by atoms with Crippen molar-refractivity contribution in [1.29, 1.82) is 0 Å². The topological polar surface area (TPSA) is 49.3 Å². The molecule has 0 bridgehead atoms. The van der Waals surface area contributed by atoms with E-state index in [4.69, 9.17) is 0 Å². The van der Waals surface area contributed by atoms with E-state index in [1.807, 2.05) is 24.3 Å². The SMILES string of the molecule is CCCNC(=O)C1(CCCCO)c2ccccc2-c2ccccc21. The van der Waals surface area contributed by atoms with Crippen molar-refractivity contribution in [3.63, 3.8) is 0 Å². The smallest absolute Gasteiger partial charge is 0.235 e. The molecule has 24 heavy (non-hydrogen) atoms. The molecule has 1 aliphatic carbocycles. The van der Waals surface area contributed by atoms with Crippen molar-refractivity contribution in [2.75, 3.05) is 13.2 Å². The number of fused-ring (bicyclic) bond motifs is 3. The third kappa shape index (κ3) is 2.63. The Bertz CT molecular complexity index is 678. The van der Waals surface area contributed by atoms with E-state index in [0.717, 1.165) is 41.5 Å². The quantitative estimate of drug-likeness (QED) is 0.764. The van der Waals surface area contributed by atoms with Crippen LogP contribution in [0.15, 0.2) is 48.5 Å². The molecule has 126 valence electrons. The molecule has 0 saturated carbocycles. The van der Waals surface area contributed by atoms with Crippen LogP contribution in [0.1, 0.15) is 43.7 Å². The van der Waals surface area contributed by atoms with Gasteiger partial charge in [-0.1, -0.05) is 55.5 Å². The Morgan fingerprint density at radius 3 is 2.12 bits per heavy atom. The first-order valence-electron chi connectivity index (χ1n) is 8.84. The molecule has 0 aliphatic heterocycles. The average Bonchev–Trinajstić information content (AvgIpc) is 2.92. The van der Waals surface area contributed by atoms with Gasteiger partial charge in [-0.15, -0.1) is 0 Å². The van der Waals surface area contributed by atoms with Crippen molar-refractivity contribution in [1.82, 2.24) is 5.32 Å². The fourth-order valence-corrected chi connectivity index (χ4v) is 3.84. The lowest BCUT2D eigenvalue weighted by molar-refractivity contribution is -0.125. The van der Waals surface area contributed by atoms with Crippen molar-refractivity contribution >= 4 is 5.91 Å². The molecule has 3 rings (SSSR count). The summed E-state index contributed by atoms with van der Waals surface area (Å²) in [6.07, 6.45) is 3.17. The van der Waals surface area contributed by atoms with Crippen molar-refractivity contribution in [2.24, 2.45) is 0 Å². The first-order valence-corrected chi connectivity index (χ1v) is 8.84. The number of hydrogen-bond acceptors (Lipinski definition) is 2. The summed E-state index contributed by atoms with van der Waals surface area (Å²) in [4.78, 5) is 13.3. The Hall–Kier alpha value is -2.13. The number of hydrogen-bond donors (Lipinski definition) is 2. The van der Waals surface area contributed by atoms with E-state index in [-0.39, 0.29) is 12.5 Å². The molecule has 0 aromatic heterocycles. The van der Waals surface area contributed by atoms with Crippen LogP contribution in [-0.2, 0) is 10.2 Å². The molecule has 0 atom stereocenters. The van der Waals surface area contributed by atoms with Crippen LogP contribution in [0, 0.1) is 0 Å². The van der Waals surface area contributed by atoms with Crippen LogP contribution >= 0.6 is 0 Å². The van der Waals surface area contributed by atoms with Crippen molar-refractivity contribution in [2.45, 2.75) is 38.0 Å². The molecule has 3 nitrogen and oxygen atoms in total. The summed E-state index contributed by atoms with van der Waals surface area (Å²) in [5, 5.41) is 12.3. The van der Waals surface area contributed by atoms with Gasteiger partial charge in [0.2, 0.25) is 5.91 Å². The van der Waals surface area contributed by atoms with E-state index in [1.165, 1.54) is 0 Å². The highest BCUT2D eigenvalue weighted by atomic mass is 16.2. The number of nitrogens with one attached hydrogen (secondary N) is 1. The summed E-state index contributed by atoms with van der Waals surface area (Å²) in [7, 11) is 0. The summed E-state index contributed by atoms with van der Waals surface area (Å²) in [6, 6.07) is 16.5. The van der Waals surface area contributed by atoms with Gasteiger partial charge in [-0.3, -0.25) is 4.79 Å². The Morgan fingerprint density at radius 1 is 1.00 bits per heavy atom. The van der Waals surface area contributed by atoms with Crippen LogP contribution < -0.4 is 5.32 Å². The number of carbonyl (C=O) groups is 1. The normalized spacial score (nSPS) is 14.1. The van der Waals surface area contributed by atoms with Gasteiger partial charge in [-0.2, -0.15) is 0 Å².